The summed E-state index contributed by atoms with van der Waals surface area (Å²) < 4.78 is 10.5. The molecule has 0 saturated carbocycles. The Balaban J connectivity index is 1.75. The number of benzene rings is 2. The molecule has 8 heteroatoms. The van der Waals surface area contributed by atoms with Crippen LogP contribution in [0.3, 0.4) is 0 Å². The topological polar surface area (TPSA) is 121 Å². The third kappa shape index (κ3) is 4.85. The highest BCUT2D eigenvalue weighted by Gasteiger charge is 2.26. The van der Waals surface area contributed by atoms with Crippen LogP contribution in [-0.2, 0) is 16.0 Å². The molecule has 1 heterocycles. The Morgan fingerprint density at radius 1 is 1.09 bits per heavy atom. The number of fused-ring (bicyclic) bond motifs is 2. The van der Waals surface area contributed by atoms with Crippen LogP contribution in [0.2, 0.25) is 0 Å². The molecule has 0 bridgehead atoms. The summed E-state index contributed by atoms with van der Waals surface area (Å²) in [5, 5.41) is 2.54. The summed E-state index contributed by atoms with van der Waals surface area (Å²) in [5.41, 5.74) is 9.56. The first-order valence-corrected chi connectivity index (χ1v) is 10.5. The van der Waals surface area contributed by atoms with Gasteiger partial charge in [-0.1, -0.05) is 30.3 Å². The van der Waals surface area contributed by atoms with E-state index in [4.69, 9.17) is 20.2 Å². The van der Waals surface area contributed by atoms with Gasteiger partial charge in [-0.15, -0.1) is 0 Å². The highest BCUT2D eigenvalue weighted by molar-refractivity contribution is 6.07. The van der Waals surface area contributed by atoms with Gasteiger partial charge in [0.05, 0.1) is 23.9 Å². The summed E-state index contributed by atoms with van der Waals surface area (Å²) in [4.78, 5) is 40.5. The number of pyridine rings is 1. The van der Waals surface area contributed by atoms with Crippen molar-refractivity contribution in [2.45, 2.75) is 19.3 Å². The molecule has 1 aliphatic carbocycles. The van der Waals surface area contributed by atoms with Crippen molar-refractivity contribution in [1.82, 2.24) is 10.3 Å². The van der Waals surface area contributed by atoms with E-state index >= 15 is 0 Å². The largest absolute Gasteiger partial charge is 0.497 e. The second-order valence-electron chi connectivity index (χ2n) is 7.62. The Morgan fingerprint density at radius 3 is 2.58 bits per heavy atom. The molecule has 3 N–H and O–H groups in total. The quantitative estimate of drug-likeness (QED) is 0.580. The van der Waals surface area contributed by atoms with Gasteiger partial charge < -0.3 is 15.2 Å². The molecular formula is C25H23N3O5. The molecule has 3 aromatic rings. The van der Waals surface area contributed by atoms with Crippen molar-refractivity contribution in [3.05, 3.63) is 70.9 Å². The van der Waals surface area contributed by atoms with Gasteiger partial charge in [0.15, 0.2) is 6.61 Å². The molecule has 0 unspecified atom stereocenters. The van der Waals surface area contributed by atoms with Crippen molar-refractivity contribution in [2.75, 3.05) is 13.7 Å². The van der Waals surface area contributed by atoms with Gasteiger partial charge in [0, 0.05) is 5.39 Å². The normalized spacial score (nSPS) is 13.9. The van der Waals surface area contributed by atoms with Crippen LogP contribution in [0, 0.1) is 0 Å². The zero-order valence-electron chi connectivity index (χ0n) is 18.1. The van der Waals surface area contributed by atoms with E-state index in [1.165, 1.54) is 0 Å². The maximum atomic E-state index is 13.1. The van der Waals surface area contributed by atoms with Crippen LogP contribution in [0.4, 0.5) is 4.79 Å². The van der Waals surface area contributed by atoms with E-state index in [1.54, 1.807) is 7.11 Å². The fourth-order valence-electron chi connectivity index (χ4n) is 3.99. The third-order valence-electron chi connectivity index (χ3n) is 5.43. The summed E-state index contributed by atoms with van der Waals surface area (Å²) >= 11 is 0. The number of urea groups is 1. The molecule has 0 radical (unpaired) electrons. The number of para-hydroxylation sites is 1. The lowest BCUT2D eigenvalue weighted by molar-refractivity contribution is -0.123. The minimum absolute atomic E-state index is 0.391. The molecule has 168 valence electrons. The zero-order valence-corrected chi connectivity index (χ0v) is 18.1. The van der Waals surface area contributed by atoms with Gasteiger partial charge in [0.2, 0.25) is 0 Å². The maximum Gasteiger partial charge on any atom is 0.339 e. The van der Waals surface area contributed by atoms with Gasteiger partial charge in [-0.3, -0.25) is 10.1 Å². The Kier molecular flexibility index (Phi) is 6.35. The maximum absolute atomic E-state index is 13.1. The number of esters is 1. The van der Waals surface area contributed by atoms with Crippen LogP contribution >= 0.6 is 0 Å². The summed E-state index contributed by atoms with van der Waals surface area (Å²) in [5.74, 6) is -0.658. The molecule has 0 saturated heterocycles. The van der Waals surface area contributed by atoms with Gasteiger partial charge in [-0.2, -0.15) is 0 Å². The first-order chi connectivity index (χ1) is 16.0. The Morgan fingerprint density at radius 2 is 1.85 bits per heavy atom. The number of hydrogen-bond acceptors (Lipinski definition) is 6. The lowest BCUT2D eigenvalue weighted by atomic mass is 9.86. The van der Waals surface area contributed by atoms with Crippen molar-refractivity contribution in [2.24, 2.45) is 5.73 Å². The summed E-state index contributed by atoms with van der Waals surface area (Å²) in [7, 11) is 1.62. The minimum atomic E-state index is -1.00. The van der Waals surface area contributed by atoms with Crippen LogP contribution in [0.25, 0.3) is 22.6 Å². The van der Waals surface area contributed by atoms with Crippen molar-refractivity contribution in [1.29, 1.82) is 0 Å². The number of nitrogens with one attached hydrogen (secondary N) is 1. The number of methoxy groups -OCH3 is 1. The fraction of sp³-hybridized carbons (Fsp3) is 0.200. The zero-order chi connectivity index (χ0) is 23.4. The number of allylic oxidation sites excluding steroid dienone is 1. The van der Waals surface area contributed by atoms with Crippen molar-refractivity contribution < 1.29 is 23.9 Å². The number of imide groups is 1. The molecule has 1 aliphatic rings. The smallest absolute Gasteiger partial charge is 0.339 e. The average molecular weight is 445 g/mol. The van der Waals surface area contributed by atoms with Crippen LogP contribution in [-0.4, -0.2) is 36.6 Å². The SMILES string of the molecule is COc1ccc(/C=C2\CCCc3c2nc2ccccc2c3C(=O)OCC(=O)NC(N)=O)cc1. The molecule has 0 aliphatic heterocycles. The van der Waals surface area contributed by atoms with E-state index in [0.717, 1.165) is 41.0 Å². The van der Waals surface area contributed by atoms with Crippen molar-refractivity contribution in [3.8, 4) is 5.75 Å². The first-order valence-electron chi connectivity index (χ1n) is 10.5. The Labute approximate surface area is 190 Å². The molecule has 33 heavy (non-hydrogen) atoms. The number of nitrogens with two attached hydrogens (primary N) is 1. The number of aromatic nitrogens is 1. The number of hydrogen-bond donors (Lipinski definition) is 2. The van der Waals surface area contributed by atoms with E-state index < -0.39 is 24.5 Å². The number of primary amides is 1. The number of carbonyl (C=O) groups is 3. The van der Waals surface area contributed by atoms with E-state index in [9.17, 15) is 14.4 Å². The number of carbonyl (C=O) groups excluding carboxylic acids is 3. The van der Waals surface area contributed by atoms with Crippen molar-refractivity contribution in [3.63, 3.8) is 0 Å². The van der Waals surface area contributed by atoms with Gasteiger partial charge >= 0.3 is 12.0 Å². The molecule has 0 spiro atoms. The molecule has 3 amide bonds. The molecule has 4 rings (SSSR count). The third-order valence-corrected chi connectivity index (χ3v) is 5.43. The van der Waals surface area contributed by atoms with E-state index in [1.807, 2.05) is 53.8 Å². The van der Waals surface area contributed by atoms with E-state index in [-0.39, 0.29) is 0 Å². The van der Waals surface area contributed by atoms with Crippen LogP contribution < -0.4 is 15.8 Å². The fourth-order valence-corrected chi connectivity index (χ4v) is 3.99. The first kappa shape index (κ1) is 22.0. The van der Waals surface area contributed by atoms with Crippen LogP contribution in [0.5, 0.6) is 5.75 Å². The predicted molar refractivity (Wildman–Crippen MR) is 124 cm³/mol. The average Bonchev–Trinajstić information content (AvgIpc) is 2.81. The lowest BCUT2D eigenvalue weighted by Gasteiger charge is -2.22. The monoisotopic (exact) mass is 445 g/mol. The molecule has 1 aromatic heterocycles. The number of ether oxygens (including phenoxy) is 2. The molecule has 8 nitrogen and oxygen atoms in total. The number of rotatable bonds is 5. The molecular weight excluding hydrogens is 422 g/mol. The highest BCUT2D eigenvalue weighted by atomic mass is 16.5. The van der Waals surface area contributed by atoms with Crippen molar-refractivity contribution >= 4 is 40.5 Å². The van der Waals surface area contributed by atoms with Crippen LogP contribution in [0.1, 0.15) is 40.0 Å². The predicted octanol–water partition coefficient (Wildman–Crippen LogP) is 3.47. The summed E-state index contributed by atoms with van der Waals surface area (Å²) in [6.45, 7) is -0.609. The van der Waals surface area contributed by atoms with Gasteiger partial charge in [-0.25, -0.2) is 14.6 Å². The second kappa shape index (κ2) is 9.52. The van der Waals surface area contributed by atoms with E-state index in [2.05, 4.69) is 6.08 Å². The Hall–Kier alpha value is -4.20. The molecule has 2 aromatic carbocycles. The molecule has 0 atom stereocenters. The van der Waals surface area contributed by atoms with Crippen LogP contribution in [0.15, 0.2) is 48.5 Å². The number of amides is 3. The van der Waals surface area contributed by atoms with E-state index in [0.29, 0.717) is 22.9 Å². The highest BCUT2D eigenvalue weighted by Crippen LogP contribution is 2.36. The van der Waals surface area contributed by atoms with Gasteiger partial charge in [0.25, 0.3) is 5.91 Å². The summed E-state index contributed by atoms with van der Waals surface area (Å²) in [6.07, 6.45) is 4.39. The van der Waals surface area contributed by atoms with Gasteiger partial charge in [0.1, 0.15) is 5.75 Å². The second-order valence-corrected chi connectivity index (χ2v) is 7.62. The Bertz CT molecular complexity index is 1270. The van der Waals surface area contributed by atoms with Gasteiger partial charge in [-0.05, 0) is 60.2 Å². The minimum Gasteiger partial charge on any atom is -0.497 e. The lowest BCUT2D eigenvalue weighted by Crippen LogP contribution is -2.37. The summed E-state index contributed by atoms with van der Waals surface area (Å²) in [6, 6.07) is 14.0. The molecule has 0 fully saturated rings. The standard InChI is InChI=1S/C25H23N3O5/c1-32-17-11-9-15(10-12-17)13-16-5-4-7-19-22(24(30)33-14-21(29)28-25(26)31)18-6-2-3-8-20(18)27-23(16)19/h2-3,6,8-13H,4-5,7,14H2,1H3,(H3,26,28,29,31)/b16-13+. The number of nitrogens with zero attached hydrogens (tertiary/aromatic N) is 1.